The Bertz CT molecular complexity index is 1240. The molecule has 8 heteroatoms. The Kier molecular flexibility index (Phi) is 5.76. The first kappa shape index (κ1) is 21.5. The van der Waals surface area contributed by atoms with Crippen molar-refractivity contribution < 1.29 is 18.3 Å². The van der Waals surface area contributed by atoms with Crippen LogP contribution in [0, 0.1) is 17.6 Å². The molecule has 0 saturated carbocycles. The molecule has 0 spiro atoms. The van der Waals surface area contributed by atoms with E-state index in [1.165, 1.54) is 6.07 Å². The third-order valence-corrected chi connectivity index (χ3v) is 6.34. The summed E-state index contributed by atoms with van der Waals surface area (Å²) in [4.78, 5) is 14.3. The number of nitrogens with one attached hydrogen (secondary N) is 1. The quantitative estimate of drug-likeness (QED) is 0.626. The number of rotatable bonds is 5. The van der Waals surface area contributed by atoms with Gasteiger partial charge in [-0.05, 0) is 42.7 Å². The maximum absolute atomic E-state index is 14.3. The SMILES string of the molecule is C[C@@H](Nc1cnnc2ccc(C3=CCN(C(=O)C4COC4)CC3)cc12)c1cccc(F)c1F. The van der Waals surface area contributed by atoms with Gasteiger partial charge in [0.1, 0.15) is 0 Å². The summed E-state index contributed by atoms with van der Waals surface area (Å²) < 4.78 is 33.1. The van der Waals surface area contributed by atoms with Gasteiger partial charge in [-0.3, -0.25) is 4.79 Å². The van der Waals surface area contributed by atoms with E-state index in [2.05, 4.69) is 21.6 Å². The molecule has 1 aromatic heterocycles. The molecule has 0 bridgehead atoms. The predicted octanol–water partition coefficient (Wildman–Crippen LogP) is 4.34. The molecule has 3 aromatic rings. The van der Waals surface area contributed by atoms with Gasteiger partial charge in [-0.1, -0.05) is 24.3 Å². The highest BCUT2D eigenvalue weighted by atomic mass is 19.2. The molecule has 170 valence electrons. The fourth-order valence-corrected chi connectivity index (χ4v) is 4.31. The second-order valence-electron chi connectivity index (χ2n) is 8.50. The van der Waals surface area contributed by atoms with Crippen molar-refractivity contribution in [2.75, 3.05) is 31.6 Å². The number of amides is 1. The van der Waals surface area contributed by atoms with Gasteiger partial charge in [0, 0.05) is 24.0 Å². The Morgan fingerprint density at radius 2 is 2.09 bits per heavy atom. The van der Waals surface area contributed by atoms with Crippen molar-refractivity contribution in [2.24, 2.45) is 5.92 Å². The Balaban J connectivity index is 1.39. The molecule has 1 atom stereocenters. The van der Waals surface area contributed by atoms with Crippen LogP contribution < -0.4 is 5.32 Å². The maximum atomic E-state index is 14.3. The zero-order chi connectivity index (χ0) is 22.9. The molecule has 1 N–H and O–H groups in total. The topological polar surface area (TPSA) is 67.4 Å². The Morgan fingerprint density at radius 1 is 1.24 bits per heavy atom. The number of ether oxygens (including phenoxy) is 1. The van der Waals surface area contributed by atoms with Gasteiger partial charge in [0.05, 0.1) is 42.6 Å². The molecule has 1 saturated heterocycles. The van der Waals surface area contributed by atoms with Crippen LogP contribution in [0.25, 0.3) is 16.5 Å². The lowest BCUT2D eigenvalue weighted by molar-refractivity contribution is -0.149. The van der Waals surface area contributed by atoms with E-state index in [4.69, 9.17) is 4.74 Å². The minimum atomic E-state index is -0.872. The standard InChI is InChI=1S/C25H24F2N4O2/c1-15(19-3-2-4-21(26)24(19)27)29-23-12-28-30-22-6-5-17(11-20(22)23)16-7-9-31(10-8-16)25(32)18-13-33-14-18/h2-7,11-12,15,18H,8-10,13-14H2,1H3,(H,29,30)/t15-/m1/s1. The number of fused-ring (bicyclic) bond motifs is 1. The third-order valence-electron chi connectivity index (χ3n) is 6.34. The number of benzene rings is 2. The maximum Gasteiger partial charge on any atom is 0.230 e. The molecule has 0 unspecified atom stereocenters. The van der Waals surface area contributed by atoms with Crippen LogP contribution in [0.2, 0.25) is 0 Å². The first-order chi connectivity index (χ1) is 16.0. The summed E-state index contributed by atoms with van der Waals surface area (Å²) in [7, 11) is 0. The normalized spacial score (nSPS) is 17.4. The summed E-state index contributed by atoms with van der Waals surface area (Å²) >= 11 is 0. The van der Waals surface area contributed by atoms with Gasteiger partial charge in [0.25, 0.3) is 0 Å². The lowest BCUT2D eigenvalue weighted by Gasteiger charge is -2.33. The number of nitrogens with zero attached hydrogens (tertiary/aromatic N) is 3. The van der Waals surface area contributed by atoms with Crippen molar-refractivity contribution in [1.82, 2.24) is 15.1 Å². The summed E-state index contributed by atoms with van der Waals surface area (Å²) in [5.41, 5.74) is 3.85. The minimum Gasteiger partial charge on any atom is -0.380 e. The van der Waals surface area contributed by atoms with Gasteiger partial charge in [0.2, 0.25) is 5.91 Å². The van der Waals surface area contributed by atoms with Crippen LogP contribution in [0.4, 0.5) is 14.5 Å². The van der Waals surface area contributed by atoms with E-state index >= 15 is 0 Å². The van der Waals surface area contributed by atoms with Crippen LogP contribution in [0.3, 0.4) is 0 Å². The third kappa shape index (κ3) is 4.18. The molecule has 2 aliphatic rings. The van der Waals surface area contributed by atoms with E-state index in [-0.39, 0.29) is 17.4 Å². The van der Waals surface area contributed by atoms with Gasteiger partial charge in [0.15, 0.2) is 11.6 Å². The first-order valence-corrected chi connectivity index (χ1v) is 11.0. The van der Waals surface area contributed by atoms with Crippen LogP contribution in [0.5, 0.6) is 0 Å². The smallest absolute Gasteiger partial charge is 0.230 e. The van der Waals surface area contributed by atoms with Crippen molar-refractivity contribution in [3.63, 3.8) is 0 Å². The zero-order valence-electron chi connectivity index (χ0n) is 18.2. The lowest BCUT2D eigenvalue weighted by Crippen LogP contribution is -2.46. The van der Waals surface area contributed by atoms with Gasteiger partial charge in [-0.25, -0.2) is 8.78 Å². The molecule has 0 radical (unpaired) electrons. The number of anilines is 1. The summed E-state index contributed by atoms with van der Waals surface area (Å²) in [6.45, 7) is 4.07. The summed E-state index contributed by atoms with van der Waals surface area (Å²) in [6, 6.07) is 9.63. The second-order valence-corrected chi connectivity index (χ2v) is 8.50. The molecule has 1 amide bonds. The van der Waals surface area contributed by atoms with Gasteiger partial charge in [-0.2, -0.15) is 10.2 Å². The summed E-state index contributed by atoms with van der Waals surface area (Å²) in [5.74, 6) is -1.57. The highest BCUT2D eigenvalue weighted by Crippen LogP contribution is 2.31. The highest BCUT2D eigenvalue weighted by molar-refractivity contribution is 5.93. The van der Waals surface area contributed by atoms with E-state index in [0.29, 0.717) is 37.5 Å². The van der Waals surface area contributed by atoms with Gasteiger partial charge >= 0.3 is 0 Å². The van der Waals surface area contributed by atoms with Crippen molar-refractivity contribution in [2.45, 2.75) is 19.4 Å². The van der Waals surface area contributed by atoms with E-state index in [1.54, 1.807) is 19.2 Å². The van der Waals surface area contributed by atoms with E-state index in [9.17, 15) is 13.6 Å². The molecule has 2 aliphatic heterocycles. The van der Waals surface area contributed by atoms with Crippen molar-refractivity contribution in [3.8, 4) is 0 Å². The predicted molar refractivity (Wildman–Crippen MR) is 121 cm³/mol. The first-order valence-electron chi connectivity index (χ1n) is 11.0. The average Bonchev–Trinajstić information content (AvgIpc) is 2.79. The van der Waals surface area contributed by atoms with E-state index in [0.717, 1.165) is 29.0 Å². The second kappa shape index (κ2) is 8.86. The molecule has 6 nitrogen and oxygen atoms in total. The number of halogens is 2. The van der Waals surface area contributed by atoms with Crippen LogP contribution >= 0.6 is 0 Å². The van der Waals surface area contributed by atoms with Crippen LogP contribution in [-0.2, 0) is 9.53 Å². The Hall–Kier alpha value is -3.39. The fraction of sp³-hybridized carbons (Fsp3) is 0.320. The number of aromatic nitrogens is 2. The zero-order valence-corrected chi connectivity index (χ0v) is 18.2. The molecule has 2 aromatic carbocycles. The number of hydrogen-bond acceptors (Lipinski definition) is 5. The summed E-state index contributed by atoms with van der Waals surface area (Å²) in [5, 5.41) is 12.4. The van der Waals surface area contributed by atoms with Crippen molar-refractivity contribution >= 4 is 28.1 Å². The number of carbonyl (C=O) groups excluding carboxylic acids is 1. The Morgan fingerprint density at radius 3 is 2.82 bits per heavy atom. The molecular formula is C25H24F2N4O2. The fourth-order valence-electron chi connectivity index (χ4n) is 4.31. The van der Waals surface area contributed by atoms with Crippen LogP contribution in [0.15, 0.2) is 48.7 Å². The molecule has 1 fully saturated rings. The summed E-state index contributed by atoms with van der Waals surface area (Å²) in [6.07, 6.45) is 4.45. The van der Waals surface area contributed by atoms with Crippen molar-refractivity contribution in [3.05, 3.63) is 71.4 Å². The lowest BCUT2D eigenvalue weighted by atomic mass is 9.96. The van der Waals surface area contributed by atoms with Crippen LogP contribution in [0.1, 0.15) is 30.5 Å². The largest absolute Gasteiger partial charge is 0.380 e. The monoisotopic (exact) mass is 450 g/mol. The van der Waals surface area contributed by atoms with Gasteiger partial charge in [-0.15, -0.1) is 0 Å². The Labute approximate surface area is 190 Å². The minimum absolute atomic E-state index is 0.00209. The molecule has 3 heterocycles. The molecule has 5 rings (SSSR count). The number of carbonyl (C=O) groups is 1. The van der Waals surface area contributed by atoms with Crippen LogP contribution in [-0.4, -0.2) is 47.3 Å². The highest BCUT2D eigenvalue weighted by Gasteiger charge is 2.31. The molecule has 0 aliphatic carbocycles. The van der Waals surface area contributed by atoms with E-state index in [1.807, 2.05) is 23.1 Å². The average molecular weight is 450 g/mol. The van der Waals surface area contributed by atoms with Crippen molar-refractivity contribution in [1.29, 1.82) is 0 Å². The molecule has 33 heavy (non-hydrogen) atoms. The number of hydrogen-bond donors (Lipinski definition) is 1. The van der Waals surface area contributed by atoms with E-state index < -0.39 is 17.7 Å². The van der Waals surface area contributed by atoms with Gasteiger partial charge < -0.3 is 15.0 Å². The molecular weight excluding hydrogens is 426 g/mol.